The fourth-order valence-electron chi connectivity index (χ4n) is 4.03. The van der Waals surface area contributed by atoms with E-state index in [0.717, 1.165) is 18.5 Å². The van der Waals surface area contributed by atoms with Crippen molar-refractivity contribution in [2.45, 2.75) is 38.1 Å². The molecule has 0 radical (unpaired) electrons. The molecule has 1 aromatic rings. The summed E-state index contributed by atoms with van der Waals surface area (Å²) in [5, 5.41) is 3.43. The maximum atomic E-state index is 12.9. The van der Waals surface area contributed by atoms with E-state index in [0.29, 0.717) is 49.4 Å². The third kappa shape index (κ3) is 3.92. The SMILES string of the molecule is Cc1ccc(NC(=O)N2CCC(=O)N(CC3CC3)C3(CCOC3)C2)c(Cl)c1. The number of amides is 3. The zero-order chi connectivity index (χ0) is 19.0. The molecule has 3 fully saturated rings. The number of anilines is 1. The van der Waals surface area contributed by atoms with Gasteiger partial charge in [-0.05, 0) is 49.8 Å². The second kappa shape index (κ2) is 7.32. The van der Waals surface area contributed by atoms with Crippen LogP contribution in [0.1, 0.15) is 31.2 Å². The summed E-state index contributed by atoms with van der Waals surface area (Å²) in [6.45, 7) is 4.80. The lowest BCUT2D eigenvalue weighted by Gasteiger charge is -2.40. The standard InChI is InChI=1S/C20H26ClN3O3/c1-14-2-5-17(16(21)10-14)22-19(26)23-8-6-18(25)24(11-15-3-4-15)20(12-23)7-9-27-13-20/h2,5,10,15H,3-4,6-9,11-13H2,1H3,(H,22,26). The number of hydrogen-bond donors (Lipinski definition) is 1. The number of hydrogen-bond acceptors (Lipinski definition) is 3. The number of ether oxygens (including phenoxy) is 1. The number of nitrogens with one attached hydrogen (secondary N) is 1. The minimum atomic E-state index is -0.398. The number of benzene rings is 1. The smallest absolute Gasteiger partial charge is 0.321 e. The highest BCUT2D eigenvalue weighted by Gasteiger charge is 2.48. The van der Waals surface area contributed by atoms with E-state index in [2.05, 4.69) is 5.32 Å². The largest absolute Gasteiger partial charge is 0.379 e. The van der Waals surface area contributed by atoms with E-state index in [1.54, 1.807) is 4.90 Å². The number of aryl methyl sites for hydroxylation is 1. The third-order valence-corrected chi connectivity index (χ3v) is 6.14. The summed E-state index contributed by atoms with van der Waals surface area (Å²) in [5.74, 6) is 0.745. The number of rotatable bonds is 3. The van der Waals surface area contributed by atoms with Crippen molar-refractivity contribution in [3.05, 3.63) is 28.8 Å². The van der Waals surface area contributed by atoms with Gasteiger partial charge in [0.25, 0.3) is 0 Å². The minimum absolute atomic E-state index is 0.135. The fraction of sp³-hybridized carbons (Fsp3) is 0.600. The summed E-state index contributed by atoms with van der Waals surface area (Å²) in [6, 6.07) is 5.34. The van der Waals surface area contributed by atoms with E-state index in [-0.39, 0.29) is 11.9 Å². The van der Waals surface area contributed by atoms with Crippen LogP contribution in [0.25, 0.3) is 0 Å². The number of carbonyl (C=O) groups is 2. The number of carbonyl (C=O) groups excluding carboxylic acids is 2. The van der Waals surface area contributed by atoms with Gasteiger partial charge in [-0.3, -0.25) is 4.79 Å². The molecule has 27 heavy (non-hydrogen) atoms. The lowest BCUT2D eigenvalue weighted by molar-refractivity contribution is -0.136. The zero-order valence-corrected chi connectivity index (χ0v) is 16.4. The van der Waals surface area contributed by atoms with Crippen molar-refractivity contribution in [3.8, 4) is 0 Å². The molecule has 0 bridgehead atoms. The van der Waals surface area contributed by atoms with Crippen LogP contribution >= 0.6 is 11.6 Å². The molecule has 2 aliphatic heterocycles. The lowest BCUT2D eigenvalue weighted by atomic mass is 9.95. The Kier molecular flexibility index (Phi) is 5.03. The Bertz CT molecular complexity index is 744. The molecule has 1 N–H and O–H groups in total. The molecule has 1 unspecified atom stereocenters. The molecule has 0 aromatic heterocycles. The summed E-state index contributed by atoms with van der Waals surface area (Å²) in [5.41, 5.74) is 1.23. The molecule has 1 aliphatic carbocycles. The van der Waals surface area contributed by atoms with E-state index in [1.165, 1.54) is 12.8 Å². The predicted octanol–water partition coefficient (Wildman–Crippen LogP) is 3.28. The van der Waals surface area contributed by atoms with Gasteiger partial charge in [-0.25, -0.2) is 4.79 Å². The van der Waals surface area contributed by atoms with E-state index < -0.39 is 5.54 Å². The molecular formula is C20H26ClN3O3. The Morgan fingerprint density at radius 3 is 2.89 bits per heavy atom. The van der Waals surface area contributed by atoms with Gasteiger partial charge in [-0.2, -0.15) is 0 Å². The van der Waals surface area contributed by atoms with Crippen molar-refractivity contribution < 1.29 is 14.3 Å². The van der Waals surface area contributed by atoms with Crippen LogP contribution < -0.4 is 5.32 Å². The summed E-state index contributed by atoms with van der Waals surface area (Å²) in [7, 11) is 0. The predicted molar refractivity (Wildman–Crippen MR) is 104 cm³/mol. The van der Waals surface area contributed by atoms with Crippen molar-refractivity contribution in [2.24, 2.45) is 5.92 Å². The molecule has 6 nitrogen and oxygen atoms in total. The van der Waals surface area contributed by atoms with Gasteiger partial charge in [0, 0.05) is 32.7 Å². The molecule has 1 saturated carbocycles. The van der Waals surface area contributed by atoms with Crippen LogP contribution in [0.15, 0.2) is 18.2 Å². The first kappa shape index (κ1) is 18.6. The quantitative estimate of drug-likeness (QED) is 0.860. The molecular weight excluding hydrogens is 366 g/mol. The van der Waals surface area contributed by atoms with Gasteiger partial charge < -0.3 is 19.9 Å². The molecule has 2 heterocycles. The van der Waals surface area contributed by atoms with Crippen LogP contribution in [0.3, 0.4) is 0 Å². The normalized spacial score (nSPS) is 25.8. The monoisotopic (exact) mass is 391 g/mol. The molecule has 1 aromatic carbocycles. The van der Waals surface area contributed by atoms with Gasteiger partial charge in [-0.1, -0.05) is 17.7 Å². The molecule has 1 atom stereocenters. The third-order valence-electron chi connectivity index (χ3n) is 5.83. The van der Waals surface area contributed by atoms with E-state index in [4.69, 9.17) is 16.3 Å². The van der Waals surface area contributed by atoms with Gasteiger partial charge in [0.1, 0.15) is 0 Å². The van der Waals surface area contributed by atoms with E-state index in [9.17, 15) is 9.59 Å². The summed E-state index contributed by atoms with van der Waals surface area (Å²) >= 11 is 6.26. The Labute approximate surface area is 164 Å². The highest BCUT2D eigenvalue weighted by Crippen LogP contribution is 2.37. The lowest BCUT2D eigenvalue weighted by Crippen LogP contribution is -2.57. The molecule has 3 amide bonds. The topological polar surface area (TPSA) is 61.9 Å². The summed E-state index contributed by atoms with van der Waals surface area (Å²) < 4.78 is 5.68. The minimum Gasteiger partial charge on any atom is -0.379 e. The molecule has 146 valence electrons. The molecule has 4 rings (SSSR count). The van der Waals surface area contributed by atoms with Crippen LogP contribution in [-0.2, 0) is 9.53 Å². The van der Waals surface area contributed by atoms with Gasteiger partial charge in [0.15, 0.2) is 0 Å². The van der Waals surface area contributed by atoms with Crippen molar-refractivity contribution in [3.63, 3.8) is 0 Å². The Balaban J connectivity index is 1.52. The zero-order valence-electron chi connectivity index (χ0n) is 15.7. The van der Waals surface area contributed by atoms with E-state index >= 15 is 0 Å². The summed E-state index contributed by atoms with van der Waals surface area (Å²) in [6.07, 6.45) is 3.51. The average Bonchev–Trinajstić information content (AvgIpc) is 3.36. The summed E-state index contributed by atoms with van der Waals surface area (Å²) in [4.78, 5) is 29.5. The first-order valence-electron chi connectivity index (χ1n) is 9.67. The number of nitrogens with zero attached hydrogens (tertiary/aromatic N) is 2. The van der Waals surface area contributed by atoms with Gasteiger partial charge >= 0.3 is 6.03 Å². The first-order chi connectivity index (χ1) is 13.0. The second-order valence-electron chi connectivity index (χ2n) is 8.06. The van der Waals surface area contributed by atoms with Crippen molar-refractivity contribution in [1.82, 2.24) is 9.80 Å². The van der Waals surface area contributed by atoms with Crippen molar-refractivity contribution in [2.75, 3.05) is 38.2 Å². The van der Waals surface area contributed by atoms with Crippen molar-refractivity contribution in [1.29, 1.82) is 0 Å². The molecule has 1 spiro atoms. The molecule has 7 heteroatoms. The van der Waals surface area contributed by atoms with Crippen LogP contribution in [0.4, 0.5) is 10.5 Å². The Morgan fingerprint density at radius 1 is 1.41 bits per heavy atom. The number of halogens is 1. The fourth-order valence-corrected chi connectivity index (χ4v) is 4.31. The Hall–Kier alpha value is -1.79. The van der Waals surface area contributed by atoms with Gasteiger partial charge in [0.05, 0.1) is 22.9 Å². The first-order valence-corrected chi connectivity index (χ1v) is 10.0. The highest BCUT2D eigenvalue weighted by molar-refractivity contribution is 6.33. The maximum Gasteiger partial charge on any atom is 0.321 e. The Morgan fingerprint density at radius 2 is 2.22 bits per heavy atom. The van der Waals surface area contributed by atoms with E-state index in [1.807, 2.05) is 30.0 Å². The highest BCUT2D eigenvalue weighted by atomic mass is 35.5. The maximum absolute atomic E-state index is 12.9. The second-order valence-corrected chi connectivity index (χ2v) is 8.47. The molecule has 3 aliphatic rings. The van der Waals surface area contributed by atoms with Crippen LogP contribution in [0.5, 0.6) is 0 Å². The van der Waals surface area contributed by atoms with Crippen LogP contribution in [0, 0.1) is 12.8 Å². The van der Waals surface area contributed by atoms with Crippen LogP contribution in [-0.4, -0.2) is 60.1 Å². The average molecular weight is 392 g/mol. The van der Waals surface area contributed by atoms with Crippen LogP contribution in [0.2, 0.25) is 5.02 Å². The van der Waals surface area contributed by atoms with Crippen molar-refractivity contribution >= 4 is 29.2 Å². The van der Waals surface area contributed by atoms with Gasteiger partial charge in [0.2, 0.25) is 5.91 Å². The van der Waals surface area contributed by atoms with Gasteiger partial charge in [-0.15, -0.1) is 0 Å². The number of urea groups is 1. The molecule has 2 saturated heterocycles.